The van der Waals surface area contributed by atoms with Gasteiger partial charge in [-0.2, -0.15) is 0 Å². The number of thiophene rings is 1. The molecule has 1 aliphatic rings. The summed E-state index contributed by atoms with van der Waals surface area (Å²) in [6.07, 6.45) is 2.54. The van der Waals surface area contributed by atoms with Crippen LogP contribution in [0.1, 0.15) is 49.3 Å². The first-order valence-electron chi connectivity index (χ1n) is 6.35. The molecule has 1 saturated carbocycles. The van der Waals surface area contributed by atoms with E-state index in [2.05, 4.69) is 45.1 Å². The minimum atomic E-state index is 0.423. The van der Waals surface area contributed by atoms with Gasteiger partial charge in [0.2, 0.25) is 0 Å². The highest BCUT2D eigenvalue weighted by Crippen LogP contribution is 2.53. The van der Waals surface area contributed by atoms with E-state index in [0.29, 0.717) is 11.5 Å². The van der Waals surface area contributed by atoms with Crippen molar-refractivity contribution in [2.45, 2.75) is 52.5 Å². The summed E-state index contributed by atoms with van der Waals surface area (Å²) < 4.78 is 0. The van der Waals surface area contributed by atoms with Crippen molar-refractivity contribution >= 4 is 11.3 Å². The van der Waals surface area contributed by atoms with Crippen LogP contribution < -0.4 is 5.32 Å². The lowest BCUT2D eigenvalue weighted by atomic mass is 9.58. The van der Waals surface area contributed by atoms with Crippen LogP contribution in [-0.4, -0.2) is 12.6 Å². The smallest absolute Gasteiger partial charge is 0.0131 e. The summed E-state index contributed by atoms with van der Waals surface area (Å²) in [6, 6.07) is 5.28. The number of hydrogen-bond acceptors (Lipinski definition) is 2. The molecular formula is C14H23NS. The molecule has 1 N–H and O–H groups in total. The van der Waals surface area contributed by atoms with E-state index < -0.39 is 0 Å². The van der Waals surface area contributed by atoms with Crippen molar-refractivity contribution in [2.24, 2.45) is 5.41 Å². The molecule has 1 heterocycles. The van der Waals surface area contributed by atoms with Crippen molar-refractivity contribution < 1.29 is 0 Å². The first-order chi connectivity index (χ1) is 7.55. The lowest BCUT2D eigenvalue weighted by Crippen LogP contribution is -2.55. The van der Waals surface area contributed by atoms with Gasteiger partial charge in [0, 0.05) is 21.7 Å². The molecule has 0 spiro atoms. The zero-order valence-electron chi connectivity index (χ0n) is 10.8. The standard InChI is InChI=1S/C14H23NS/c1-5-8-15-13-9-11(14(13,3)4)12-7-6-10(2)16-12/h6-7,11,13,15H,5,8-9H2,1-4H3. The molecule has 16 heavy (non-hydrogen) atoms. The second kappa shape index (κ2) is 4.50. The van der Waals surface area contributed by atoms with Gasteiger partial charge in [-0.25, -0.2) is 0 Å². The maximum Gasteiger partial charge on any atom is 0.0131 e. The topological polar surface area (TPSA) is 12.0 Å². The van der Waals surface area contributed by atoms with Crippen LogP contribution in [0.4, 0.5) is 0 Å². The van der Waals surface area contributed by atoms with Crippen LogP contribution in [0.3, 0.4) is 0 Å². The molecule has 0 amide bonds. The molecule has 1 aromatic heterocycles. The van der Waals surface area contributed by atoms with Crippen molar-refractivity contribution in [1.82, 2.24) is 5.32 Å². The molecule has 2 atom stereocenters. The molecule has 2 unspecified atom stereocenters. The van der Waals surface area contributed by atoms with E-state index in [9.17, 15) is 0 Å². The maximum absolute atomic E-state index is 3.67. The second-order valence-corrected chi connectivity index (χ2v) is 6.88. The Morgan fingerprint density at radius 3 is 2.69 bits per heavy atom. The summed E-state index contributed by atoms with van der Waals surface area (Å²) in [5.74, 6) is 0.764. The number of aryl methyl sites for hydroxylation is 1. The molecule has 0 aliphatic heterocycles. The van der Waals surface area contributed by atoms with Gasteiger partial charge in [0.25, 0.3) is 0 Å². The average Bonchev–Trinajstić information content (AvgIpc) is 2.63. The fourth-order valence-corrected chi connectivity index (χ4v) is 3.90. The number of rotatable bonds is 4. The normalized spacial score (nSPS) is 27.8. The second-order valence-electron chi connectivity index (χ2n) is 5.56. The quantitative estimate of drug-likeness (QED) is 0.836. The molecule has 2 rings (SSSR count). The van der Waals surface area contributed by atoms with Crippen LogP contribution in [0.15, 0.2) is 12.1 Å². The third kappa shape index (κ3) is 2.05. The third-order valence-electron chi connectivity index (χ3n) is 4.01. The molecule has 2 heteroatoms. The number of hydrogen-bond donors (Lipinski definition) is 1. The molecule has 90 valence electrons. The summed E-state index contributed by atoms with van der Waals surface area (Å²) in [5.41, 5.74) is 0.423. The molecule has 0 aromatic carbocycles. The van der Waals surface area contributed by atoms with Gasteiger partial charge in [-0.1, -0.05) is 20.8 Å². The monoisotopic (exact) mass is 237 g/mol. The summed E-state index contributed by atoms with van der Waals surface area (Å²) in [4.78, 5) is 3.02. The summed E-state index contributed by atoms with van der Waals surface area (Å²) in [5, 5.41) is 3.67. The predicted molar refractivity (Wildman–Crippen MR) is 72.3 cm³/mol. The van der Waals surface area contributed by atoms with Gasteiger partial charge in [0.05, 0.1) is 0 Å². The van der Waals surface area contributed by atoms with Gasteiger partial charge in [0.15, 0.2) is 0 Å². The van der Waals surface area contributed by atoms with E-state index in [1.807, 2.05) is 11.3 Å². The highest BCUT2D eigenvalue weighted by Gasteiger charge is 2.48. The zero-order chi connectivity index (χ0) is 11.8. The van der Waals surface area contributed by atoms with Crippen LogP contribution in [-0.2, 0) is 0 Å². The fourth-order valence-electron chi connectivity index (χ4n) is 2.71. The largest absolute Gasteiger partial charge is 0.313 e. The van der Waals surface area contributed by atoms with Gasteiger partial charge in [-0.3, -0.25) is 0 Å². The molecule has 1 fully saturated rings. The van der Waals surface area contributed by atoms with Gasteiger partial charge in [0.1, 0.15) is 0 Å². The van der Waals surface area contributed by atoms with Gasteiger partial charge >= 0.3 is 0 Å². The Labute approximate surface area is 103 Å². The summed E-state index contributed by atoms with van der Waals surface area (Å²) in [7, 11) is 0. The molecule has 0 radical (unpaired) electrons. The van der Waals surface area contributed by atoms with E-state index in [1.165, 1.54) is 17.7 Å². The van der Waals surface area contributed by atoms with Gasteiger partial charge in [-0.05, 0) is 43.9 Å². The third-order valence-corrected chi connectivity index (χ3v) is 5.13. The zero-order valence-corrected chi connectivity index (χ0v) is 11.7. The average molecular weight is 237 g/mol. The van der Waals surface area contributed by atoms with Crippen LogP contribution in [0.25, 0.3) is 0 Å². The lowest BCUT2D eigenvalue weighted by molar-refractivity contribution is 0.0716. The first-order valence-corrected chi connectivity index (χ1v) is 7.17. The van der Waals surface area contributed by atoms with Gasteiger partial charge in [-0.15, -0.1) is 11.3 Å². The minimum absolute atomic E-state index is 0.423. The highest BCUT2D eigenvalue weighted by molar-refractivity contribution is 7.12. The summed E-state index contributed by atoms with van der Waals surface area (Å²) in [6.45, 7) is 10.4. The minimum Gasteiger partial charge on any atom is -0.313 e. The van der Waals surface area contributed by atoms with E-state index >= 15 is 0 Å². The Kier molecular flexibility index (Phi) is 3.41. The van der Waals surface area contributed by atoms with E-state index in [0.717, 1.165) is 12.5 Å². The summed E-state index contributed by atoms with van der Waals surface area (Å²) >= 11 is 1.97. The Morgan fingerprint density at radius 1 is 1.44 bits per heavy atom. The molecule has 1 aliphatic carbocycles. The van der Waals surface area contributed by atoms with E-state index in [-0.39, 0.29) is 0 Å². The van der Waals surface area contributed by atoms with Crippen LogP contribution >= 0.6 is 11.3 Å². The van der Waals surface area contributed by atoms with Crippen molar-refractivity contribution in [2.75, 3.05) is 6.54 Å². The number of nitrogens with one attached hydrogen (secondary N) is 1. The van der Waals surface area contributed by atoms with Crippen LogP contribution in [0.5, 0.6) is 0 Å². The SMILES string of the molecule is CCCNC1CC(c2ccc(C)s2)C1(C)C. The van der Waals surface area contributed by atoms with Crippen LogP contribution in [0, 0.1) is 12.3 Å². The molecule has 0 bridgehead atoms. The predicted octanol–water partition coefficient (Wildman–Crippen LogP) is 3.94. The van der Waals surface area contributed by atoms with Crippen molar-refractivity contribution in [3.63, 3.8) is 0 Å². The van der Waals surface area contributed by atoms with E-state index in [1.54, 1.807) is 4.88 Å². The van der Waals surface area contributed by atoms with Crippen molar-refractivity contribution in [3.8, 4) is 0 Å². The van der Waals surface area contributed by atoms with Crippen molar-refractivity contribution in [3.05, 3.63) is 21.9 Å². The fraction of sp³-hybridized carbons (Fsp3) is 0.714. The Morgan fingerprint density at radius 2 is 2.19 bits per heavy atom. The molecule has 1 aromatic rings. The molecular weight excluding hydrogens is 214 g/mol. The Balaban J connectivity index is 2.01. The molecule has 0 saturated heterocycles. The van der Waals surface area contributed by atoms with Crippen LogP contribution in [0.2, 0.25) is 0 Å². The highest BCUT2D eigenvalue weighted by atomic mass is 32.1. The Hall–Kier alpha value is -0.340. The first kappa shape index (κ1) is 12.1. The van der Waals surface area contributed by atoms with Crippen molar-refractivity contribution in [1.29, 1.82) is 0 Å². The molecule has 1 nitrogen and oxygen atoms in total. The van der Waals surface area contributed by atoms with E-state index in [4.69, 9.17) is 0 Å². The lowest BCUT2D eigenvalue weighted by Gasteiger charge is -2.52. The maximum atomic E-state index is 3.67. The van der Waals surface area contributed by atoms with Gasteiger partial charge < -0.3 is 5.32 Å². The Bertz CT molecular complexity index is 353.